The summed E-state index contributed by atoms with van der Waals surface area (Å²) in [6.07, 6.45) is 1.47. The van der Waals surface area contributed by atoms with E-state index in [-0.39, 0.29) is 17.3 Å². The molecule has 2 aromatic rings. The van der Waals surface area contributed by atoms with Gasteiger partial charge in [0.05, 0.1) is 17.1 Å². The molecule has 118 valence electrons. The van der Waals surface area contributed by atoms with Crippen LogP contribution in [-0.2, 0) is 10.0 Å². The molecule has 0 fully saturated rings. The highest BCUT2D eigenvalue weighted by molar-refractivity contribution is 7.89. The second kappa shape index (κ2) is 6.71. The van der Waals surface area contributed by atoms with Crippen LogP contribution in [0.3, 0.4) is 0 Å². The normalized spacial score (nSPS) is 11.4. The number of hydrogen-bond acceptors (Lipinski definition) is 6. The highest BCUT2D eigenvalue weighted by Gasteiger charge is 2.19. The fourth-order valence-corrected chi connectivity index (χ4v) is 2.81. The molecule has 0 spiro atoms. The molecular weight excluding hydrogens is 306 g/mol. The summed E-state index contributed by atoms with van der Waals surface area (Å²) in [6, 6.07) is 4.48. The Balaban J connectivity index is 2.50. The first-order valence-corrected chi connectivity index (χ1v) is 8.14. The largest absolute Gasteiger partial charge is 0.493 e. The average Bonchev–Trinajstić information content (AvgIpc) is 2.92. The summed E-state index contributed by atoms with van der Waals surface area (Å²) >= 11 is 0. The topological polar surface area (TPSA) is 94.3 Å². The number of rotatable bonds is 7. The summed E-state index contributed by atoms with van der Waals surface area (Å²) in [5.74, 6) is 1.14. The average molecular weight is 323 g/mol. The van der Waals surface area contributed by atoms with Crippen LogP contribution in [0.15, 0.2) is 40.3 Å². The van der Waals surface area contributed by atoms with Gasteiger partial charge in [0.1, 0.15) is 5.75 Å². The molecule has 8 heteroatoms. The number of benzene rings is 1. The molecule has 1 aromatic heterocycles. The van der Waals surface area contributed by atoms with Gasteiger partial charge >= 0.3 is 0 Å². The van der Waals surface area contributed by atoms with Gasteiger partial charge in [-0.05, 0) is 32.0 Å². The number of nitrogens with zero attached hydrogens (tertiary/aromatic N) is 2. The predicted molar refractivity (Wildman–Crippen MR) is 81.0 cm³/mol. The van der Waals surface area contributed by atoms with Crippen LogP contribution in [0.2, 0.25) is 0 Å². The number of aromatic nitrogens is 2. The third kappa shape index (κ3) is 3.52. The van der Waals surface area contributed by atoms with Crippen molar-refractivity contribution in [2.24, 2.45) is 0 Å². The lowest BCUT2D eigenvalue weighted by Crippen LogP contribution is -2.23. The first kappa shape index (κ1) is 16.2. The maximum atomic E-state index is 12.2. The lowest BCUT2D eigenvalue weighted by atomic mass is 10.2. The fraction of sp³-hybridized carbons (Fsp3) is 0.286. The van der Waals surface area contributed by atoms with Crippen LogP contribution in [0.1, 0.15) is 12.7 Å². The summed E-state index contributed by atoms with van der Waals surface area (Å²) in [6.45, 7) is 7.57. The van der Waals surface area contributed by atoms with Crippen molar-refractivity contribution in [1.29, 1.82) is 0 Å². The van der Waals surface area contributed by atoms with E-state index in [1.54, 1.807) is 13.0 Å². The van der Waals surface area contributed by atoms with E-state index in [2.05, 4.69) is 21.4 Å². The Hall–Kier alpha value is -2.19. The molecule has 1 heterocycles. The van der Waals surface area contributed by atoms with Crippen molar-refractivity contribution in [2.75, 3.05) is 13.2 Å². The van der Waals surface area contributed by atoms with E-state index in [1.165, 1.54) is 18.2 Å². The van der Waals surface area contributed by atoms with Crippen LogP contribution < -0.4 is 9.46 Å². The Morgan fingerprint density at radius 1 is 1.45 bits per heavy atom. The maximum absolute atomic E-state index is 12.2. The van der Waals surface area contributed by atoms with Gasteiger partial charge in [-0.3, -0.25) is 0 Å². The Kier molecular flexibility index (Phi) is 4.94. The van der Waals surface area contributed by atoms with Gasteiger partial charge in [-0.25, -0.2) is 13.1 Å². The van der Waals surface area contributed by atoms with Gasteiger partial charge < -0.3 is 9.26 Å². The molecule has 0 aliphatic heterocycles. The van der Waals surface area contributed by atoms with Gasteiger partial charge in [-0.1, -0.05) is 11.2 Å². The van der Waals surface area contributed by atoms with E-state index in [4.69, 9.17) is 9.26 Å². The molecule has 7 nitrogen and oxygen atoms in total. The molecule has 0 unspecified atom stereocenters. The highest BCUT2D eigenvalue weighted by atomic mass is 32.2. The lowest BCUT2D eigenvalue weighted by molar-refractivity contribution is 0.339. The molecule has 0 atom stereocenters. The van der Waals surface area contributed by atoms with Crippen molar-refractivity contribution >= 4 is 10.0 Å². The first-order chi connectivity index (χ1) is 10.5. The zero-order chi connectivity index (χ0) is 16.2. The molecule has 2 rings (SSSR count). The number of ether oxygens (including phenoxy) is 1. The molecule has 0 saturated heterocycles. The van der Waals surface area contributed by atoms with Crippen LogP contribution in [0.25, 0.3) is 11.5 Å². The van der Waals surface area contributed by atoms with Crippen LogP contribution in [-0.4, -0.2) is 31.7 Å². The summed E-state index contributed by atoms with van der Waals surface area (Å²) in [5.41, 5.74) is 0.434. The molecule has 0 saturated carbocycles. The van der Waals surface area contributed by atoms with Crippen molar-refractivity contribution in [3.05, 3.63) is 36.7 Å². The van der Waals surface area contributed by atoms with E-state index < -0.39 is 10.0 Å². The monoisotopic (exact) mass is 323 g/mol. The van der Waals surface area contributed by atoms with Gasteiger partial charge in [-0.2, -0.15) is 4.98 Å². The van der Waals surface area contributed by atoms with E-state index >= 15 is 0 Å². The van der Waals surface area contributed by atoms with Crippen LogP contribution >= 0.6 is 0 Å². The summed E-state index contributed by atoms with van der Waals surface area (Å²) < 4.78 is 37.4. The number of sulfonamides is 1. The van der Waals surface area contributed by atoms with Gasteiger partial charge in [-0.15, -0.1) is 6.58 Å². The zero-order valence-electron chi connectivity index (χ0n) is 12.4. The molecule has 22 heavy (non-hydrogen) atoms. The molecule has 0 aliphatic carbocycles. The molecule has 1 N–H and O–H groups in total. The van der Waals surface area contributed by atoms with Crippen LogP contribution in [0.5, 0.6) is 5.75 Å². The minimum absolute atomic E-state index is 0.0867. The van der Waals surface area contributed by atoms with Crippen molar-refractivity contribution < 1.29 is 17.7 Å². The first-order valence-electron chi connectivity index (χ1n) is 6.66. The summed E-state index contributed by atoms with van der Waals surface area (Å²) in [4.78, 5) is 4.21. The third-order valence-corrected chi connectivity index (χ3v) is 4.16. The Labute approximate surface area is 129 Å². The Morgan fingerprint density at radius 2 is 2.23 bits per heavy atom. The molecular formula is C14H17N3O4S. The van der Waals surface area contributed by atoms with E-state index in [9.17, 15) is 8.42 Å². The SMILES string of the molecule is C=CCNS(=O)(=O)c1ccc(OCC)c(-c2nc(C)no2)c1. The second-order valence-corrected chi connectivity index (χ2v) is 6.15. The number of nitrogens with one attached hydrogen (secondary N) is 1. The zero-order valence-corrected chi connectivity index (χ0v) is 13.2. The van der Waals surface area contributed by atoms with Crippen LogP contribution in [0, 0.1) is 6.92 Å². The van der Waals surface area contributed by atoms with Crippen molar-refractivity contribution in [3.63, 3.8) is 0 Å². The molecule has 0 bridgehead atoms. The van der Waals surface area contributed by atoms with Gasteiger partial charge in [0.2, 0.25) is 10.0 Å². The minimum atomic E-state index is -3.64. The predicted octanol–water partition coefficient (Wildman–Crippen LogP) is 1.91. The Morgan fingerprint density at radius 3 is 2.82 bits per heavy atom. The van der Waals surface area contributed by atoms with Gasteiger partial charge in [0, 0.05) is 6.54 Å². The van der Waals surface area contributed by atoms with E-state index in [0.717, 1.165) is 0 Å². The van der Waals surface area contributed by atoms with Crippen molar-refractivity contribution in [2.45, 2.75) is 18.7 Å². The fourth-order valence-electron chi connectivity index (χ4n) is 1.78. The smallest absolute Gasteiger partial charge is 0.261 e. The van der Waals surface area contributed by atoms with Crippen LogP contribution in [0.4, 0.5) is 0 Å². The molecule has 0 amide bonds. The molecule has 0 radical (unpaired) electrons. The minimum Gasteiger partial charge on any atom is -0.493 e. The standard InChI is InChI=1S/C14H17N3O4S/c1-4-8-15-22(18,19)11-6-7-13(20-5-2)12(9-11)14-16-10(3)17-21-14/h4,6-7,9,15H,1,5,8H2,2-3H3. The van der Waals surface area contributed by atoms with E-state index in [1.807, 2.05) is 6.92 Å². The quantitative estimate of drug-likeness (QED) is 0.782. The van der Waals surface area contributed by atoms with Gasteiger partial charge in [0.15, 0.2) is 5.82 Å². The van der Waals surface area contributed by atoms with E-state index in [0.29, 0.717) is 23.7 Å². The van der Waals surface area contributed by atoms with Crippen molar-refractivity contribution in [1.82, 2.24) is 14.9 Å². The molecule has 0 aliphatic rings. The summed E-state index contributed by atoms with van der Waals surface area (Å²) in [7, 11) is -3.64. The number of aryl methyl sites for hydroxylation is 1. The third-order valence-electron chi connectivity index (χ3n) is 2.74. The second-order valence-electron chi connectivity index (χ2n) is 4.38. The lowest BCUT2D eigenvalue weighted by Gasteiger charge is -2.10. The maximum Gasteiger partial charge on any atom is 0.261 e. The Bertz CT molecular complexity index is 768. The highest BCUT2D eigenvalue weighted by Crippen LogP contribution is 2.31. The number of hydrogen-bond donors (Lipinski definition) is 1. The van der Waals surface area contributed by atoms with Gasteiger partial charge in [0.25, 0.3) is 5.89 Å². The van der Waals surface area contributed by atoms with Crippen molar-refractivity contribution in [3.8, 4) is 17.2 Å². The molecule has 1 aromatic carbocycles. The summed E-state index contributed by atoms with van der Waals surface area (Å²) in [5, 5.41) is 3.72.